The molecule has 0 saturated carbocycles. The highest BCUT2D eigenvalue weighted by molar-refractivity contribution is 5.78. The van der Waals surface area contributed by atoms with E-state index in [0.29, 0.717) is 18.5 Å². The average molecular weight is 284 g/mol. The van der Waals surface area contributed by atoms with E-state index < -0.39 is 11.5 Å². The highest BCUT2D eigenvalue weighted by Gasteiger charge is 2.37. The van der Waals surface area contributed by atoms with E-state index in [4.69, 9.17) is 0 Å². The van der Waals surface area contributed by atoms with Crippen molar-refractivity contribution in [3.8, 4) is 0 Å². The van der Waals surface area contributed by atoms with Gasteiger partial charge >= 0.3 is 5.97 Å². The summed E-state index contributed by atoms with van der Waals surface area (Å²) in [5.74, 6) is 0.0494. The number of hydrogen-bond acceptors (Lipinski definition) is 3. The maximum Gasteiger partial charge on any atom is 0.323 e. The van der Waals surface area contributed by atoms with Crippen LogP contribution in [0, 0.1) is 5.92 Å². The van der Waals surface area contributed by atoms with Crippen LogP contribution in [-0.2, 0) is 4.79 Å². The molecular formula is C16H32N2O2. The van der Waals surface area contributed by atoms with Gasteiger partial charge in [0.25, 0.3) is 0 Å². The predicted octanol–water partition coefficient (Wildman–Crippen LogP) is 2.73. The van der Waals surface area contributed by atoms with Crippen molar-refractivity contribution in [3.05, 3.63) is 0 Å². The summed E-state index contributed by atoms with van der Waals surface area (Å²) in [6.07, 6.45) is 4.05. The Morgan fingerprint density at radius 3 is 2.65 bits per heavy atom. The third kappa shape index (κ3) is 4.45. The smallest absolute Gasteiger partial charge is 0.323 e. The van der Waals surface area contributed by atoms with Gasteiger partial charge in [0.05, 0.1) is 0 Å². The normalized spacial score (nSPS) is 28.9. The Bertz CT molecular complexity index is 322. The number of nitrogens with zero attached hydrogens (tertiary/aromatic N) is 1. The molecule has 0 amide bonds. The van der Waals surface area contributed by atoms with Gasteiger partial charge in [-0.25, -0.2) is 0 Å². The van der Waals surface area contributed by atoms with Crippen molar-refractivity contribution in [2.45, 2.75) is 77.9 Å². The first-order chi connectivity index (χ1) is 9.30. The zero-order valence-corrected chi connectivity index (χ0v) is 13.8. The molecule has 1 saturated heterocycles. The number of carbonyl (C=O) groups is 1. The largest absolute Gasteiger partial charge is 0.480 e. The molecule has 1 heterocycles. The van der Waals surface area contributed by atoms with E-state index in [2.05, 4.69) is 37.9 Å². The van der Waals surface area contributed by atoms with Crippen molar-refractivity contribution < 1.29 is 9.90 Å². The minimum atomic E-state index is -0.821. The molecule has 118 valence electrons. The molecule has 1 aliphatic heterocycles. The molecule has 1 rings (SSSR count). The molecule has 0 aromatic carbocycles. The molecule has 0 spiro atoms. The predicted molar refractivity (Wildman–Crippen MR) is 83.0 cm³/mol. The van der Waals surface area contributed by atoms with Crippen LogP contribution in [0.15, 0.2) is 0 Å². The summed E-state index contributed by atoms with van der Waals surface area (Å²) in [4.78, 5) is 14.1. The Kier molecular flexibility index (Phi) is 6.46. The second-order valence-corrected chi connectivity index (χ2v) is 6.83. The number of piperidine rings is 1. The van der Waals surface area contributed by atoms with E-state index in [1.807, 2.05) is 6.92 Å². The first kappa shape index (κ1) is 17.4. The molecule has 1 aliphatic rings. The molecule has 0 radical (unpaired) electrons. The maximum atomic E-state index is 11.6. The highest BCUT2D eigenvalue weighted by atomic mass is 16.4. The monoisotopic (exact) mass is 284 g/mol. The van der Waals surface area contributed by atoms with Crippen LogP contribution in [-0.4, -0.2) is 46.7 Å². The van der Waals surface area contributed by atoms with Crippen LogP contribution in [0.1, 0.15) is 60.3 Å². The lowest BCUT2D eigenvalue weighted by Crippen LogP contribution is -2.55. The quantitative estimate of drug-likeness (QED) is 0.755. The van der Waals surface area contributed by atoms with Crippen molar-refractivity contribution in [3.63, 3.8) is 0 Å². The third-order valence-electron chi connectivity index (χ3n) is 4.70. The maximum absolute atomic E-state index is 11.6. The lowest BCUT2D eigenvalue weighted by atomic mass is 9.88. The zero-order valence-electron chi connectivity index (χ0n) is 13.8. The van der Waals surface area contributed by atoms with Crippen LogP contribution < -0.4 is 5.32 Å². The molecule has 4 nitrogen and oxygen atoms in total. The van der Waals surface area contributed by atoms with Gasteiger partial charge in [0.15, 0.2) is 0 Å². The number of carboxylic acids is 1. The average Bonchev–Trinajstić information content (AvgIpc) is 2.35. The molecule has 2 N–H and O–H groups in total. The number of carboxylic acid groups (broad SMARTS) is 1. The molecular weight excluding hydrogens is 252 g/mol. The second-order valence-electron chi connectivity index (χ2n) is 6.83. The fourth-order valence-corrected chi connectivity index (χ4v) is 3.42. The summed E-state index contributed by atoms with van der Waals surface area (Å²) >= 11 is 0. The van der Waals surface area contributed by atoms with Gasteiger partial charge in [-0.2, -0.15) is 0 Å². The number of likely N-dealkylation sites (tertiary alicyclic amines) is 1. The molecule has 20 heavy (non-hydrogen) atoms. The fraction of sp³-hybridized carbons (Fsp3) is 0.938. The first-order valence-corrected chi connectivity index (χ1v) is 8.04. The van der Waals surface area contributed by atoms with Gasteiger partial charge < -0.3 is 10.4 Å². The Balaban J connectivity index is 2.65. The molecule has 4 atom stereocenters. The Morgan fingerprint density at radius 2 is 2.15 bits per heavy atom. The number of aliphatic carboxylic acids is 1. The standard InChI is InChI=1S/C16H32N2O2/c1-6-8-17-16(5,15(19)20)11-14(4)18-9-7-12(2)10-13(18)3/h12-14,17H,6-11H2,1-5H3,(H,19,20). The summed E-state index contributed by atoms with van der Waals surface area (Å²) < 4.78 is 0. The van der Waals surface area contributed by atoms with Gasteiger partial charge in [-0.3, -0.25) is 9.69 Å². The van der Waals surface area contributed by atoms with Crippen molar-refractivity contribution in [1.29, 1.82) is 0 Å². The van der Waals surface area contributed by atoms with E-state index in [-0.39, 0.29) is 0 Å². The van der Waals surface area contributed by atoms with Crippen LogP contribution in [0.4, 0.5) is 0 Å². The molecule has 0 bridgehead atoms. The van der Waals surface area contributed by atoms with Crippen LogP contribution in [0.5, 0.6) is 0 Å². The van der Waals surface area contributed by atoms with Crippen molar-refractivity contribution in [2.24, 2.45) is 5.92 Å². The number of rotatable bonds is 7. The van der Waals surface area contributed by atoms with Crippen molar-refractivity contribution >= 4 is 5.97 Å². The van der Waals surface area contributed by atoms with Gasteiger partial charge in [-0.15, -0.1) is 0 Å². The number of nitrogens with one attached hydrogen (secondary N) is 1. The first-order valence-electron chi connectivity index (χ1n) is 8.04. The second kappa shape index (κ2) is 7.41. The van der Waals surface area contributed by atoms with Gasteiger partial charge in [-0.05, 0) is 65.5 Å². The van der Waals surface area contributed by atoms with E-state index in [1.165, 1.54) is 12.8 Å². The van der Waals surface area contributed by atoms with Crippen molar-refractivity contribution in [1.82, 2.24) is 10.2 Å². The van der Waals surface area contributed by atoms with Crippen molar-refractivity contribution in [2.75, 3.05) is 13.1 Å². The Hall–Kier alpha value is -0.610. The minimum Gasteiger partial charge on any atom is -0.480 e. The van der Waals surface area contributed by atoms with Crippen LogP contribution in [0.2, 0.25) is 0 Å². The van der Waals surface area contributed by atoms with Crippen LogP contribution in [0.3, 0.4) is 0 Å². The Morgan fingerprint density at radius 1 is 1.50 bits per heavy atom. The molecule has 0 aromatic heterocycles. The molecule has 0 aromatic rings. The summed E-state index contributed by atoms with van der Waals surface area (Å²) in [7, 11) is 0. The molecule has 0 aliphatic carbocycles. The molecule has 1 fully saturated rings. The van der Waals surface area contributed by atoms with E-state index in [9.17, 15) is 9.90 Å². The number of hydrogen-bond donors (Lipinski definition) is 2. The molecule has 4 heteroatoms. The summed E-state index contributed by atoms with van der Waals surface area (Å²) in [5, 5.41) is 12.7. The van der Waals surface area contributed by atoms with E-state index >= 15 is 0 Å². The van der Waals surface area contributed by atoms with Crippen LogP contribution in [0.25, 0.3) is 0 Å². The van der Waals surface area contributed by atoms with Crippen LogP contribution >= 0.6 is 0 Å². The topological polar surface area (TPSA) is 52.6 Å². The van der Waals surface area contributed by atoms with Gasteiger partial charge in [-0.1, -0.05) is 13.8 Å². The SMILES string of the molecule is CCCNC(C)(CC(C)N1CCC(C)CC1C)C(=O)O. The lowest BCUT2D eigenvalue weighted by molar-refractivity contribution is -0.145. The van der Waals surface area contributed by atoms with E-state index in [1.54, 1.807) is 0 Å². The minimum absolute atomic E-state index is 0.294. The van der Waals surface area contributed by atoms with Gasteiger partial charge in [0, 0.05) is 12.1 Å². The lowest BCUT2D eigenvalue weighted by Gasteiger charge is -2.42. The summed E-state index contributed by atoms with van der Waals surface area (Å²) in [6, 6.07) is 0.848. The Labute approximate surface area is 123 Å². The highest BCUT2D eigenvalue weighted by Crippen LogP contribution is 2.27. The summed E-state index contributed by atoms with van der Waals surface area (Å²) in [6.45, 7) is 12.5. The zero-order chi connectivity index (χ0) is 15.3. The van der Waals surface area contributed by atoms with Gasteiger partial charge in [0.2, 0.25) is 0 Å². The summed E-state index contributed by atoms with van der Waals surface area (Å²) in [5.41, 5.74) is -0.821. The third-order valence-corrected chi connectivity index (χ3v) is 4.70. The van der Waals surface area contributed by atoms with E-state index in [0.717, 1.165) is 25.4 Å². The fourth-order valence-electron chi connectivity index (χ4n) is 3.42. The molecule has 4 unspecified atom stereocenters. The van der Waals surface area contributed by atoms with Gasteiger partial charge in [0.1, 0.15) is 5.54 Å².